The van der Waals surface area contributed by atoms with Crippen LogP contribution in [0.2, 0.25) is 0 Å². The molecule has 2 aromatic rings. The zero-order chi connectivity index (χ0) is 20.4. The number of nitrogens with zero attached hydrogens (tertiary/aromatic N) is 1. The van der Waals surface area contributed by atoms with E-state index in [0.29, 0.717) is 36.3 Å². The maximum atomic E-state index is 5.48. The van der Waals surface area contributed by atoms with E-state index >= 15 is 0 Å². The van der Waals surface area contributed by atoms with Gasteiger partial charge in [-0.3, -0.25) is 0 Å². The fourth-order valence-corrected chi connectivity index (χ4v) is 2.75. The number of aliphatic imine (C=N–C) groups is 1. The summed E-state index contributed by atoms with van der Waals surface area (Å²) < 4.78 is 21.6. The number of hydrogen-bond acceptors (Lipinski definition) is 5. The molecule has 2 aromatic carbocycles. The number of hydrogen-bond donors (Lipinski definition) is 2. The van der Waals surface area contributed by atoms with Crippen LogP contribution < -0.4 is 29.6 Å². The van der Waals surface area contributed by atoms with Crippen LogP contribution in [0.1, 0.15) is 18.1 Å². The highest BCUT2D eigenvalue weighted by Gasteiger charge is 2.12. The van der Waals surface area contributed by atoms with Crippen molar-refractivity contribution in [1.29, 1.82) is 0 Å². The van der Waals surface area contributed by atoms with Crippen LogP contribution in [0.4, 0.5) is 0 Å². The van der Waals surface area contributed by atoms with E-state index in [1.807, 2.05) is 37.3 Å². The maximum absolute atomic E-state index is 5.48. The molecule has 0 aliphatic rings. The molecule has 0 amide bonds. The van der Waals surface area contributed by atoms with Crippen molar-refractivity contribution in [3.8, 4) is 23.0 Å². The van der Waals surface area contributed by atoms with Crippen LogP contribution in [0.25, 0.3) is 0 Å². The summed E-state index contributed by atoms with van der Waals surface area (Å²) in [4.78, 5) is 4.67. The lowest BCUT2D eigenvalue weighted by Gasteiger charge is -2.15. The molecule has 8 heteroatoms. The predicted octanol–water partition coefficient (Wildman–Crippen LogP) is 3.59. The molecule has 0 heterocycles. The van der Waals surface area contributed by atoms with Crippen LogP contribution in [0.5, 0.6) is 23.0 Å². The minimum Gasteiger partial charge on any atom is -0.496 e. The molecule has 2 N–H and O–H groups in total. The fraction of sp³-hybridized carbons (Fsp3) is 0.381. The summed E-state index contributed by atoms with van der Waals surface area (Å²) in [5.74, 6) is 3.49. The lowest BCUT2D eigenvalue weighted by Crippen LogP contribution is -2.36. The van der Waals surface area contributed by atoms with Gasteiger partial charge in [-0.25, -0.2) is 4.99 Å². The normalized spacial score (nSPS) is 10.6. The van der Waals surface area contributed by atoms with E-state index in [2.05, 4.69) is 15.6 Å². The molecule has 160 valence electrons. The van der Waals surface area contributed by atoms with Crippen LogP contribution in [0.3, 0.4) is 0 Å². The molecule has 0 fully saturated rings. The summed E-state index contributed by atoms with van der Waals surface area (Å²) in [7, 11) is 6.50. The summed E-state index contributed by atoms with van der Waals surface area (Å²) in [6.45, 7) is 3.79. The van der Waals surface area contributed by atoms with Crippen LogP contribution >= 0.6 is 24.0 Å². The van der Waals surface area contributed by atoms with Gasteiger partial charge in [0.15, 0.2) is 17.5 Å². The average molecular weight is 515 g/mol. The number of guanidine groups is 1. The van der Waals surface area contributed by atoms with Gasteiger partial charge in [0.2, 0.25) is 0 Å². The number of nitrogens with one attached hydrogen (secondary N) is 2. The van der Waals surface area contributed by atoms with Gasteiger partial charge in [0, 0.05) is 30.3 Å². The van der Waals surface area contributed by atoms with E-state index in [1.54, 1.807) is 34.5 Å². The van der Waals surface area contributed by atoms with E-state index in [-0.39, 0.29) is 24.0 Å². The van der Waals surface area contributed by atoms with Crippen LogP contribution in [0, 0.1) is 0 Å². The summed E-state index contributed by atoms with van der Waals surface area (Å²) in [5, 5.41) is 6.58. The first kappa shape index (κ1) is 24.7. The number of benzene rings is 2. The Labute approximate surface area is 189 Å². The minimum atomic E-state index is 0. The van der Waals surface area contributed by atoms with Crippen molar-refractivity contribution in [3.63, 3.8) is 0 Å². The van der Waals surface area contributed by atoms with Gasteiger partial charge in [0.05, 0.1) is 35.0 Å². The molecule has 0 atom stereocenters. The lowest BCUT2D eigenvalue weighted by atomic mass is 10.1. The highest BCUT2D eigenvalue weighted by molar-refractivity contribution is 14.0. The fourth-order valence-electron chi connectivity index (χ4n) is 2.75. The quantitative estimate of drug-likeness (QED) is 0.302. The third-order valence-corrected chi connectivity index (χ3v) is 4.18. The zero-order valence-electron chi connectivity index (χ0n) is 17.6. The highest BCUT2D eigenvalue weighted by atomic mass is 127. The second-order valence-corrected chi connectivity index (χ2v) is 5.88. The Morgan fingerprint density at radius 2 is 1.41 bits per heavy atom. The molecule has 0 aromatic heterocycles. The van der Waals surface area contributed by atoms with Gasteiger partial charge in [-0.1, -0.05) is 18.2 Å². The number of ether oxygens (including phenoxy) is 4. The molecular weight excluding hydrogens is 485 g/mol. The third kappa shape index (κ3) is 6.88. The van der Waals surface area contributed by atoms with Gasteiger partial charge in [-0.15, -0.1) is 24.0 Å². The SMILES string of the molecule is CCNC(=NCc1cc(OC)c(OC)cc1OC)NCc1ccccc1OC.I. The minimum absolute atomic E-state index is 0. The molecule has 29 heavy (non-hydrogen) atoms. The first-order valence-electron chi connectivity index (χ1n) is 9.09. The molecule has 0 saturated heterocycles. The molecular formula is C21H30IN3O4. The molecule has 0 aliphatic carbocycles. The number of para-hydroxylation sites is 1. The summed E-state index contributed by atoms with van der Waals surface area (Å²) in [6, 6.07) is 11.6. The number of methoxy groups -OCH3 is 4. The molecule has 0 aliphatic heterocycles. The molecule has 0 unspecified atom stereocenters. The van der Waals surface area contributed by atoms with E-state index in [1.165, 1.54) is 0 Å². The molecule has 7 nitrogen and oxygen atoms in total. The largest absolute Gasteiger partial charge is 0.496 e. The van der Waals surface area contributed by atoms with Crippen molar-refractivity contribution in [2.75, 3.05) is 35.0 Å². The van der Waals surface area contributed by atoms with Crippen molar-refractivity contribution >= 4 is 29.9 Å². The van der Waals surface area contributed by atoms with Crippen molar-refractivity contribution < 1.29 is 18.9 Å². The third-order valence-electron chi connectivity index (χ3n) is 4.18. The van der Waals surface area contributed by atoms with Crippen molar-refractivity contribution in [3.05, 3.63) is 47.5 Å². The molecule has 0 bridgehead atoms. The highest BCUT2D eigenvalue weighted by Crippen LogP contribution is 2.34. The van der Waals surface area contributed by atoms with Crippen molar-refractivity contribution in [1.82, 2.24) is 10.6 Å². The second kappa shape index (κ2) is 13.0. The summed E-state index contributed by atoms with van der Waals surface area (Å²) in [6.07, 6.45) is 0. The topological polar surface area (TPSA) is 73.3 Å². The Kier molecular flexibility index (Phi) is 11.0. The van der Waals surface area contributed by atoms with E-state index < -0.39 is 0 Å². The Balaban J connectivity index is 0.00000420. The Morgan fingerprint density at radius 3 is 2.03 bits per heavy atom. The summed E-state index contributed by atoms with van der Waals surface area (Å²) in [5.41, 5.74) is 1.95. The first-order chi connectivity index (χ1) is 13.7. The van der Waals surface area contributed by atoms with Gasteiger partial charge in [0.1, 0.15) is 11.5 Å². The molecule has 0 radical (unpaired) electrons. The van der Waals surface area contributed by atoms with Crippen LogP contribution in [-0.2, 0) is 13.1 Å². The molecule has 2 rings (SSSR count). The summed E-state index contributed by atoms with van der Waals surface area (Å²) >= 11 is 0. The van der Waals surface area contributed by atoms with Crippen LogP contribution in [0.15, 0.2) is 41.4 Å². The maximum Gasteiger partial charge on any atom is 0.191 e. The number of rotatable bonds is 9. The van der Waals surface area contributed by atoms with Gasteiger partial charge in [-0.2, -0.15) is 0 Å². The second-order valence-electron chi connectivity index (χ2n) is 5.88. The standard InChI is InChI=1S/C21H29N3O4.HI/c1-6-22-21(23-13-15-9-7-8-10-17(15)25-2)24-14-16-11-19(27-4)20(28-5)12-18(16)26-3;/h7-12H,6,13-14H2,1-5H3,(H2,22,23,24);1H. The van der Waals surface area contributed by atoms with Crippen molar-refractivity contribution in [2.45, 2.75) is 20.0 Å². The van der Waals surface area contributed by atoms with E-state index in [9.17, 15) is 0 Å². The predicted molar refractivity (Wildman–Crippen MR) is 126 cm³/mol. The van der Waals surface area contributed by atoms with Gasteiger partial charge >= 0.3 is 0 Å². The zero-order valence-corrected chi connectivity index (χ0v) is 19.9. The van der Waals surface area contributed by atoms with Gasteiger partial charge in [0.25, 0.3) is 0 Å². The monoisotopic (exact) mass is 515 g/mol. The smallest absolute Gasteiger partial charge is 0.191 e. The number of halogens is 1. The van der Waals surface area contributed by atoms with Crippen LogP contribution in [-0.4, -0.2) is 40.9 Å². The molecule has 0 saturated carbocycles. The van der Waals surface area contributed by atoms with E-state index in [4.69, 9.17) is 18.9 Å². The van der Waals surface area contributed by atoms with E-state index in [0.717, 1.165) is 23.4 Å². The van der Waals surface area contributed by atoms with Gasteiger partial charge < -0.3 is 29.6 Å². The lowest BCUT2D eigenvalue weighted by molar-refractivity contribution is 0.347. The molecule has 0 spiro atoms. The van der Waals surface area contributed by atoms with Gasteiger partial charge in [-0.05, 0) is 19.1 Å². The average Bonchev–Trinajstić information content (AvgIpc) is 2.75. The Bertz CT molecular complexity index is 799. The Morgan fingerprint density at radius 1 is 0.793 bits per heavy atom. The Hall–Kier alpha value is -2.36. The first-order valence-corrected chi connectivity index (χ1v) is 9.09. The van der Waals surface area contributed by atoms with Crippen molar-refractivity contribution in [2.24, 2.45) is 4.99 Å².